The molecule has 0 aliphatic carbocycles. The van der Waals surface area contributed by atoms with Gasteiger partial charge in [-0.15, -0.1) is 0 Å². The number of nitrogens with two attached hydrogens (primary N) is 2. The lowest BCUT2D eigenvalue weighted by Crippen LogP contribution is -2.22. The molecule has 110 valence electrons. The molecule has 2 aromatic carbocycles. The van der Waals surface area contributed by atoms with Crippen molar-refractivity contribution in [3.63, 3.8) is 0 Å². The molecule has 1 amide bonds. The van der Waals surface area contributed by atoms with Gasteiger partial charge in [0, 0.05) is 23.8 Å². The maximum Gasteiger partial charge on any atom is 0.250 e. The summed E-state index contributed by atoms with van der Waals surface area (Å²) in [6, 6.07) is 11.1. The summed E-state index contributed by atoms with van der Waals surface area (Å²) in [5.41, 5.74) is 13.5. The van der Waals surface area contributed by atoms with E-state index in [9.17, 15) is 4.79 Å². The molecular formula is C15H15BrClN3O. The Balaban J connectivity index is 2.39. The van der Waals surface area contributed by atoms with Crippen LogP contribution < -0.4 is 16.4 Å². The van der Waals surface area contributed by atoms with Crippen LogP contribution in [0.2, 0.25) is 5.02 Å². The molecule has 6 heteroatoms. The molecule has 4 N–H and O–H groups in total. The Morgan fingerprint density at radius 3 is 2.67 bits per heavy atom. The predicted molar refractivity (Wildman–Crippen MR) is 90.6 cm³/mol. The number of primary amides is 1. The Morgan fingerprint density at radius 1 is 1.33 bits per heavy atom. The van der Waals surface area contributed by atoms with Gasteiger partial charge in [-0.2, -0.15) is 0 Å². The quantitative estimate of drug-likeness (QED) is 0.812. The van der Waals surface area contributed by atoms with Crippen molar-refractivity contribution in [2.24, 2.45) is 5.73 Å². The second-order valence-corrected chi connectivity index (χ2v) is 6.07. The largest absolute Gasteiger partial charge is 0.399 e. The van der Waals surface area contributed by atoms with Gasteiger partial charge in [-0.05, 0) is 29.8 Å². The fourth-order valence-electron chi connectivity index (χ4n) is 2.18. The van der Waals surface area contributed by atoms with Gasteiger partial charge in [-0.25, -0.2) is 0 Å². The van der Waals surface area contributed by atoms with E-state index < -0.39 is 5.91 Å². The van der Waals surface area contributed by atoms with Gasteiger partial charge in [0.15, 0.2) is 0 Å². The number of nitrogens with zero attached hydrogens (tertiary/aromatic N) is 1. The lowest BCUT2D eigenvalue weighted by Gasteiger charge is -2.23. The minimum absolute atomic E-state index is 0.317. The number of carbonyl (C=O) groups is 1. The van der Waals surface area contributed by atoms with Crippen LogP contribution in [0.5, 0.6) is 0 Å². The van der Waals surface area contributed by atoms with Crippen LogP contribution in [-0.4, -0.2) is 13.0 Å². The van der Waals surface area contributed by atoms with Gasteiger partial charge in [0.2, 0.25) is 0 Å². The molecule has 4 nitrogen and oxygen atoms in total. The maximum absolute atomic E-state index is 11.6. The lowest BCUT2D eigenvalue weighted by atomic mass is 10.1. The van der Waals surface area contributed by atoms with Crippen LogP contribution in [0.25, 0.3) is 0 Å². The number of rotatable bonds is 4. The summed E-state index contributed by atoms with van der Waals surface area (Å²) in [6.07, 6.45) is 0. The molecule has 0 spiro atoms. The zero-order valence-corrected chi connectivity index (χ0v) is 13.8. The number of amides is 1. The van der Waals surface area contributed by atoms with E-state index >= 15 is 0 Å². The van der Waals surface area contributed by atoms with Crippen LogP contribution in [0.1, 0.15) is 15.9 Å². The molecule has 2 rings (SSSR count). The average Bonchev–Trinajstić information content (AvgIpc) is 2.37. The average molecular weight is 369 g/mol. The van der Waals surface area contributed by atoms with Gasteiger partial charge < -0.3 is 16.4 Å². The minimum atomic E-state index is -0.555. The SMILES string of the molecule is CN(Cc1cccc(Br)c1)c1c(Cl)cc(N)cc1C(N)=O. The van der Waals surface area contributed by atoms with E-state index in [1.165, 1.54) is 0 Å². The summed E-state index contributed by atoms with van der Waals surface area (Å²) in [7, 11) is 1.85. The normalized spacial score (nSPS) is 10.4. The molecule has 0 unspecified atom stereocenters. The van der Waals surface area contributed by atoms with Crippen molar-refractivity contribution in [1.29, 1.82) is 0 Å². The zero-order valence-electron chi connectivity index (χ0n) is 11.4. The Morgan fingerprint density at radius 2 is 2.05 bits per heavy atom. The monoisotopic (exact) mass is 367 g/mol. The topological polar surface area (TPSA) is 72.3 Å². The first-order valence-electron chi connectivity index (χ1n) is 6.23. The van der Waals surface area contributed by atoms with Crippen molar-refractivity contribution in [2.75, 3.05) is 17.7 Å². The van der Waals surface area contributed by atoms with Crippen LogP contribution >= 0.6 is 27.5 Å². The van der Waals surface area contributed by atoms with E-state index in [2.05, 4.69) is 15.9 Å². The molecule has 0 saturated carbocycles. The van der Waals surface area contributed by atoms with Gasteiger partial charge in [0.1, 0.15) is 0 Å². The second-order valence-electron chi connectivity index (χ2n) is 4.75. The van der Waals surface area contributed by atoms with Crippen molar-refractivity contribution in [1.82, 2.24) is 0 Å². The van der Waals surface area contributed by atoms with E-state index in [-0.39, 0.29) is 0 Å². The fraction of sp³-hybridized carbons (Fsp3) is 0.133. The maximum atomic E-state index is 11.6. The number of carbonyl (C=O) groups excluding carboxylic acids is 1. The fourth-order valence-corrected chi connectivity index (χ4v) is 3.00. The molecule has 0 fully saturated rings. The molecule has 0 atom stereocenters. The Labute approximate surface area is 136 Å². The van der Waals surface area contributed by atoms with E-state index in [4.69, 9.17) is 23.1 Å². The van der Waals surface area contributed by atoms with Crippen LogP contribution in [0, 0.1) is 0 Å². The first-order valence-corrected chi connectivity index (χ1v) is 7.40. The second kappa shape index (κ2) is 6.37. The van der Waals surface area contributed by atoms with Gasteiger partial charge in [0.05, 0.1) is 16.3 Å². The van der Waals surface area contributed by atoms with Crippen molar-refractivity contribution in [3.05, 3.63) is 57.0 Å². The van der Waals surface area contributed by atoms with Gasteiger partial charge >= 0.3 is 0 Å². The third-order valence-electron chi connectivity index (χ3n) is 3.04. The summed E-state index contributed by atoms with van der Waals surface area (Å²) in [4.78, 5) is 13.5. The van der Waals surface area contributed by atoms with Crippen molar-refractivity contribution in [2.45, 2.75) is 6.54 Å². The highest BCUT2D eigenvalue weighted by atomic mass is 79.9. The molecule has 0 radical (unpaired) electrons. The third kappa shape index (κ3) is 3.68. The smallest absolute Gasteiger partial charge is 0.250 e. The van der Waals surface area contributed by atoms with Crippen LogP contribution in [-0.2, 0) is 6.54 Å². The molecular weight excluding hydrogens is 354 g/mol. The predicted octanol–water partition coefficient (Wildman–Crippen LogP) is 3.42. The lowest BCUT2D eigenvalue weighted by molar-refractivity contribution is 0.100. The first-order chi connectivity index (χ1) is 9.88. The van der Waals surface area contributed by atoms with E-state index in [0.717, 1.165) is 10.0 Å². The number of halogens is 2. The Bertz CT molecular complexity index is 691. The summed E-state index contributed by atoms with van der Waals surface area (Å²) >= 11 is 9.67. The third-order valence-corrected chi connectivity index (χ3v) is 3.82. The zero-order chi connectivity index (χ0) is 15.6. The van der Waals surface area contributed by atoms with Crippen LogP contribution in [0.4, 0.5) is 11.4 Å². The van der Waals surface area contributed by atoms with Crippen molar-refractivity contribution >= 4 is 44.8 Å². The Hall–Kier alpha value is -1.72. The number of hydrogen-bond donors (Lipinski definition) is 2. The summed E-state index contributed by atoms with van der Waals surface area (Å²) in [5, 5.41) is 0.404. The number of anilines is 2. The van der Waals surface area contributed by atoms with Gasteiger partial charge in [0.25, 0.3) is 5.91 Å². The standard InChI is InChI=1S/C15H15BrClN3O/c1-20(8-9-3-2-4-10(16)5-9)14-12(15(19)21)6-11(18)7-13(14)17/h2-7H,8,18H2,1H3,(H2,19,21). The van der Waals surface area contributed by atoms with Gasteiger partial charge in [-0.3, -0.25) is 4.79 Å². The van der Waals surface area contributed by atoms with Crippen LogP contribution in [0.15, 0.2) is 40.9 Å². The number of nitrogen functional groups attached to an aromatic ring is 1. The Kier molecular flexibility index (Phi) is 4.75. The molecule has 0 saturated heterocycles. The van der Waals surface area contributed by atoms with E-state index in [1.807, 2.05) is 36.2 Å². The van der Waals surface area contributed by atoms with Gasteiger partial charge in [-0.1, -0.05) is 39.7 Å². The highest BCUT2D eigenvalue weighted by Gasteiger charge is 2.17. The summed E-state index contributed by atoms with van der Waals surface area (Å²) in [6.45, 7) is 0.587. The highest BCUT2D eigenvalue weighted by molar-refractivity contribution is 9.10. The van der Waals surface area contributed by atoms with Crippen molar-refractivity contribution < 1.29 is 4.79 Å². The number of hydrogen-bond acceptors (Lipinski definition) is 3. The number of benzene rings is 2. The molecule has 0 bridgehead atoms. The van der Waals surface area contributed by atoms with Crippen molar-refractivity contribution in [3.8, 4) is 0 Å². The van der Waals surface area contributed by atoms with E-state index in [0.29, 0.717) is 28.5 Å². The minimum Gasteiger partial charge on any atom is -0.399 e. The van der Waals surface area contributed by atoms with Crippen LogP contribution in [0.3, 0.4) is 0 Å². The molecule has 21 heavy (non-hydrogen) atoms. The summed E-state index contributed by atoms with van der Waals surface area (Å²) < 4.78 is 0.993. The molecule has 0 aromatic heterocycles. The molecule has 0 heterocycles. The first kappa shape index (κ1) is 15.7. The molecule has 2 aromatic rings. The highest BCUT2D eigenvalue weighted by Crippen LogP contribution is 2.32. The summed E-state index contributed by atoms with van der Waals surface area (Å²) in [5.74, 6) is -0.555. The molecule has 0 aliphatic heterocycles. The molecule has 0 aliphatic rings. The van der Waals surface area contributed by atoms with E-state index in [1.54, 1.807) is 12.1 Å².